The van der Waals surface area contributed by atoms with Crippen LogP contribution in [0.1, 0.15) is 22.8 Å². The van der Waals surface area contributed by atoms with Crippen molar-refractivity contribution in [1.82, 2.24) is 19.9 Å². The highest BCUT2D eigenvalue weighted by molar-refractivity contribution is 9.18. The molecule has 9 heteroatoms. The molecule has 2 aliphatic heterocycles. The molecule has 0 saturated carbocycles. The summed E-state index contributed by atoms with van der Waals surface area (Å²) in [6.45, 7) is 0. The second kappa shape index (κ2) is 20.1. The first kappa shape index (κ1) is 47.4. The molecule has 3 aromatic heterocycles. The quantitative estimate of drug-likeness (QED) is 0.111. The normalized spacial score (nSPS) is 12.2. The topological polar surface area (TPSA) is 100 Å². The van der Waals surface area contributed by atoms with Crippen LogP contribution in [0.2, 0.25) is 0 Å². The molecule has 8 bridgehead atoms. The Morgan fingerprint density at radius 3 is 0.818 bits per heavy atom. The minimum atomic E-state index is -0.296. The van der Waals surface area contributed by atoms with Gasteiger partial charge in [-0.1, -0.05) is 243 Å². The Bertz CT molecular complexity index is 4320. The summed E-state index contributed by atoms with van der Waals surface area (Å²) in [6, 6.07) is 82.0. The van der Waals surface area contributed by atoms with Crippen LogP contribution >= 0.6 is 31.9 Å². The molecule has 11 aromatic rings. The first-order valence-electron chi connectivity index (χ1n) is 25.2. The standard InChI is InChI=1S/C68H43Br2N5O2/c69-60-61(70)68-59(49-39-23-8-24-40-49)66-56(46-33-17-5-18-34-46)55(45-31-15-4-16-32-45)64(73-66)57(47-35-19-6-20-36-47)62-51(75(76)77)41-50(71-62)52(42-25-9-1-10-26-42)63-53(43-27-11-2-12-28-43)54(44-29-13-3-14-30-44)65(72-63)58(67(60)74-68)48-37-21-7-22-38-48/h1-41,72-73H. The van der Waals surface area contributed by atoms with Crippen molar-refractivity contribution in [2.45, 2.75) is 0 Å². The minimum absolute atomic E-state index is 0.137. The van der Waals surface area contributed by atoms with E-state index in [4.69, 9.17) is 9.97 Å². The van der Waals surface area contributed by atoms with Crippen molar-refractivity contribution in [3.8, 4) is 89.0 Å². The predicted molar refractivity (Wildman–Crippen MR) is 324 cm³/mol. The van der Waals surface area contributed by atoms with E-state index in [-0.39, 0.29) is 16.3 Å². The monoisotopic (exact) mass is 1120 g/mol. The summed E-state index contributed by atoms with van der Waals surface area (Å²) in [7, 11) is 0. The lowest BCUT2D eigenvalue weighted by Crippen LogP contribution is -1.98. The Hall–Kier alpha value is -9.28. The minimum Gasteiger partial charge on any atom is -0.353 e. The Morgan fingerprint density at radius 2 is 0.545 bits per heavy atom. The maximum atomic E-state index is 14.1. The van der Waals surface area contributed by atoms with Gasteiger partial charge in [0, 0.05) is 50.6 Å². The molecule has 2 N–H and O–H groups in total. The van der Waals surface area contributed by atoms with Crippen molar-refractivity contribution in [3.05, 3.63) is 276 Å². The third-order valence-corrected chi connectivity index (χ3v) is 16.3. The average Bonchev–Trinajstić information content (AvgIpc) is 4.40. The fourth-order valence-corrected chi connectivity index (χ4v) is 11.9. The van der Waals surface area contributed by atoms with Gasteiger partial charge in [0.1, 0.15) is 0 Å². The highest BCUT2D eigenvalue weighted by Gasteiger charge is 2.34. The van der Waals surface area contributed by atoms with Gasteiger partial charge in [-0.15, -0.1) is 0 Å². The van der Waals surface area contributed by atoms with Crippen LogP contribution in [0.3, 0.4) is 0 Å². The highest BCUT2D eigenvalue weighted by atomic mass is 79.9. The molecule has 7 nitrogen and oxygen atoms in total. The number of nitro groups is 1. The molecule has 8 aromatic carbocycles. The second-order valence-corrected chi connectivity index (χ2v) is 20.3. The van der Waals surface area contributed by atoms with Crippen molar-refractivity contribution >= 4 is 74.7 Å². The Morgan fingerprint density at radius 1 is 0.312 bits per heavy atom. The van der Waals surface area contributed by atoms with Gasteiger partial charge in [0.15, 0.2) is 5.69 Å². The van der Waals surface area contributed by atoms with E-state index in [1.54, 1.807) is 6.08 Å². The van der Waals surface area contributed by atoms with Crippen molar-refractivity contribution in [2.24, 2.45) is 0 Å². The van der Waals surface area contributed by atoms with E-state index in [9.17, 15) is 10.1 Å². The van der Waals surface area contributed by atoms with Gasteiger partial charge in [0.25, 0.3) is 5.70 Å². The molecular formula is C68H43Br2N5O2. The molecule has 0 fully saturated rings. The number of aromatic amines is 2. The van der Waals surface area contributed by atoms with Crippen LogP contribution in [0.25, 0.3) is 132 Å². The molecule has 0 radical (unpaired) electrons. The maximum Gasteiger partial charge on any atom is 0.297 e. The van der Waals surface area contributed by atoms with Gasteiger partial charge >= 0.3 is 0 Å². The summed E-state index contributed by atoms with van der Waals surface area (Å²) in [6.07, 6.45) is 1.65. The van der Waals surface area contributed by atoms with Crippen LogP contribution in [-0.4, -0.2) is 24.9 Å². The van der Waals surface area contributed by atoms with Gasteiger partial charge in [-0.3, -0.25) is 10.1 Å². The molecule has 0 unspecified atom stereocenters. The number of hydrogen-bond acceptors (Lipinski definition) is 4. The fraction of sp³-hybridized carbons (Fsp3) is 0. The molecule has 0 atom stereocenters. The number of H-pyrrole nitrogens is 2. The lowest BCUT2D eigenvalue weighted by Gasteiger charge is -2.11. The van der Waals surface area contributed by atoms with Crippen molar-refractivity contribution in [2.75, 3.05) is 0 Å². The molecule has 5 heterocycles. The van der Waals surface area contributed by atoms with Gasteiger partial charge in [-0.25, -0.2) is 9.97 Å². The lowest BCUT2D eigenvalue weighted by atomic mass is 9.91. The SMILES string of the molecule is O=[N+]([O-])C1=Cc2nc1c(-c1ccccc1)c1[nH]c(c(-c3ccccc3)c3nc(c(-c4ccccc4)c4[nH]c(c2-c2ccccc2)c(-c2ccccc2)c4-c2ccccc2)C(Br)=C3Br)c(-c2ccccc2)c1-c1ccccc1. The maximum absolute atomic E-state index is 14.1. The van der Waals surface area contributed by atoms with Gasteiger partial charge in [-0.2, -0.15) is 0 Å². The van der Waals surface area contributed by atoms with Crippen molar-refractivity contribution in [3.63, 3.8) is 0 Å². The number of rotatable bonds is 9. The van der Waals surface area contributed by atoms with E-state index >= 15 is 0 Å². The molecule has 0 spiro atoms. The summed E-state index contributed by atoms with van der Waals surface area (Å²) < 4.78 is 1.51. The van der Waals surface area contributed by atoms with Crippen LogP contribution in [-0.2, 0) is 0 Å². The smallest absolute Gasteiger partial charge is 0.297 e. The first-order chi connectivity index (χ1) is 37.9. The van der Waals surface area contributed by atoms with Crippen molar-refractivity contribution < 1.29 is 4.92 Å². The molecule has 13 rings (SSSR count). The number of fused-ring (bicyclic) bond motifs is 8. The molecule has 0 amide bonds. The highest BCUT2D eigenvalue weighted by Crippen LogP contribution is 2.53. The van der Waals surface area contributed by atoms with E-state index in [2.05, 4.69) is 139 Å². The number of hydrogen-bond donors (Lipinski definition) is 2. The summed E-state index contributed by atoms with van der Waals surface area (Å²) in [5, 5.41) is 14.1. The number of benzene rings is 8. The molecule has 0 aliphatic carbocycles. The number of halogens is 2. The van der Waals surface area contributed by atoms with Gasteiger partial charge in [0.05, 0.1) is 53.0 Å². The van der Waals surface area contributed by atoms with Crippen LogP contribution in [0, 0.1) is 10.1 Å². The third kappa shape index (κ3) is 8.37. The second-order valence-electron chi connectivity index (χ2n) is 18.7. The van der Waals surface area contributed by atoms with Crippen LogP contribution in [0.4, 0.5) is 0 Å². The average molecular weight is 1120 g/mol. The lowest BCUT2D eigenvalue weighted by molar-refractivity contribution is -0.374. The Kier molecular flexibility index (Phi) is 12.4. The van der Waals surface area contributed by atoms with E-state index in [0.29, 0.717) is 33.7 Å². The Balaban J connectivity index is 1.41. The van der Waals surface area contributed by atoms with Gasteiger partial charge < -0.3 is 9.97 Å². The number of nitrogens with zero attached hydrogens (tertiary/aromatic N) is 3. The number of nitrogens with one attached hydrogen (secondary N) is 2. The molecule has 0 saturated heterocycles. The fourth-order valence-electron chi connectivity index (χ4n) is 11.0. The van der Waals surface area contributed by atoms with Crippen LogP contribution in [0.15, 0.2) is 243 Å². The number of aromatic nitrogens is 4. The summed E-state index contributed by atoms with van der Waals surface area (Å²) in [5.41, 5.74) is 18.4. The van der Waals surface area contributed by atoms with Crippen LogP contribution < -0.4 is 0 Å². The van der Waals surface area contributed by atoms with E-state index in [1.165, 1.54) is 0 Å². The van der Waals surface area contributed by atoms with E-state index in [1.807, 2.05) is 146 Å². The van der Waals surface area contributed by atoms with E-state index in [0.717, 1.165) is 103 Å². The predicted octanol–water partition coefficient (Wildman–Crippen LogP) is 19.0. The van der Waals surface area contributed by atoms with Crippen LogP contribution in [0.5, 0.6) is 0 Å². The zero-order valence-corrected chi connectivity index (χ0v) is 44.3. The first-order valence-corrected chi connectivity index (χ1v) is 26.8. The molecule has 366 valence electrons. The molecule has 77 heavy (non-hydrogen) atoms. The largest absolute Gasteiger partial charge is 0.353 e. The summed E-state index contributed by atoms with van der Waals surface area (Å²) in [4.78, 5) is 33.4. The molecular weight excluding hydrogens is 1080 g/mol. The van der Waals surface area contributed by atoms with Gasteiger partial charge in [-0.05, 0) is 76.4 Å². The summed E-state index contributed by atoms with van der Waals surface area (Å²) in [5.74, 6) is 0. The third-order valence-electron chi connectivity index (χ3n) is 14.2. The molecule has 2 aliphatic rings. The van der Waals surface area contributed by atoms with E-state index < -0.39 is 0 Å². The zero-order valence-electron chi connectivity index (χ0n) is 41.1. The zero-order chi connectivity index (χ0) is 52.0. The van der Waals surface area contributed by atoms with Gasteiger partial charge in [0.2, 0.25) is 0 Å². The summed E-state index contributed by atoms with van der Waals surface area (Å²) >= 11 is 8.39. The van der Waals surface area contributed by atoms with Crippen molar-refractivity contribution in [1.29, 1.82) is 0 Å². The Labute approximate surface area is 461 Å².